The Morgan fingerprint density at radius 1 is 1.48 bits per heavy atom. The van der Waals surface area contributed by atoms with E-state index in [0.29, 0.717) is 0 Å². The van der Waals surface area contributed by atoms with Gasteiger partial charge in [-0.2, -0.15) is 0 Å². The van der Waals surface area contributed by atoms with Gasteiger partial charge in [0.25, 0.3) is 0 Å². The van der Waals surface area contributed by atoms with Gasteiger partial charge < -0.3 is 15.1 Å². The number of aromatic nitrogens is 1. The van der Waals surface area contributed by atoms with Crippen LogP contribution in [-0.4, -0.2) is 60.5 Å². The lowest BCUT2D eigenvalue weighted by Crippen LogP contribution is -2.41. The Kier molecular flexibility index (Phi) is 7.09. The topological polar surface area (TPSA) is 43.8 Å². The molecule has 1 atom stereocenters. The molecule has 1 saturated carbocycles. The molecule has 5 nitrogen and oxygen atoms in total. The van der Waals surface area contributed by atoms with Crippen molar-refractivity contribution >= 4 is 41.3 Å². The highest BCUT2D eigenvalue weighted by molar-refractivity contribution is 14.0. The molecule has 1 aromatic rings. The Morgan fingerprint density at radius 2 is 2.26 bits per heavy atom. The van der Waals surface area contributed by atoms with Crippen LogP contribution in [0.25, 0.3) is 0 Å². The molecule has 0 aromatic carbocycles. The van der Waals surface area contributed by atoms with E-state index in [9.17, 15) is 0 Å². The minimum Gasteiger partial charge on any atom is -0.356 e. The first-order valence-electron chi connectivity index (χ1n) is 8.22. The average molecular weight is 449 g/mol. The van der Waals surface area contributed by atoms with Gasteiger partial charge in [-0.1, -0.05) is 0 Å². The number of hydrogen-bond acceptors (Lipinski definition) is 4. The van der Waals surface area contributed by atoms with Gasteiger partial charge in [-0.05, 0) is 38.6 Å². The smallest absolute Gasteiger partial charge is 0.193 e. The predicted octanol–water partition coefficient (Wildman–Crippen LogP) is 2.56. The summed E-state index contributed by atoms with van der Waals surface area (Å²) in [7, 11) is 3.94. The van der Waals surface area contributed by atoms with E-state index in [1.165, 1.54) is 32.4 Å². The maximum Gasteiger partial charge on any atom is 0.193 e. The van der Waals surface area contributed by atoms with E-state index in [-0.39, 0.29) is 24.0 Å². The van der Waals surface area contributed by atoms with E-state index < -0.39 is 0 Å². The number of halogens is 1. The highest BCUT2D eigenvalue weighted by Gasteiger charge is 2.34. The standard InChI is InChI=1S/C16H27N5S.HI/c1-12-19-14(11-22-12)10-20(3)16(17-2)18-8-13-6-7-21(9-13)15-4-5-15;/h11,13,15H,4-10H2,1-3H3,(H,17,18);1H. The maximum atomic E-state index is 4.53. The molecule has 7 heteroatoms. The third-order valence-corrected chi connectivity index (χ3v) is 5.39. The van der Waals surface area contributed by atoms with E-state index in [1.54, 1.807) is 11.3 Å². The minimum atomic E-state index is 0. The Morgan fingerprint density at radius 3 is 2.87 bits per heavy atom. The van der Waals surface area contributed by atoms with Crippen molar-refractivity contribution in [3.8, 4) is 0 Å². The molecule has 2 fully saturated rings. The zero-order valence-corrected chi connectivity index (χ0v) is 17.4. The van der Waals surface area contributed by atoms with Gasteiger partial charge in [0.1, 0.15) is 0 Å². The van der Waals surface area contributed by atoms with Crippen molar-refractivity contribution in [2.24, 2.45) is 10.9 Å². The van der Waals surface area contributed by atoms with Crippen LogP contribution in [-0.2, 0) is 6.54 Å². The normalized spacial score (nSPS) is 22.0. The molecule has 1 saturated heterocycles. The predicted molar refractivity (Wildman–Crippen MR) is 108 cm³/mol. The van der Waals surface area contributed by atoms with Crippen LogP contribution in [0.2, 0.25) is 0 Å². The van der Waals surface area contributed by atoms with Crippen LogP contribution < -0.4 is 5.32 Å². The highest BCUT2D eigenvalue weighted by atomic mass is 127. The molecule has 0 bridgehead atoms. The van der Waals surface area contributed by atoms with E-state index in [1.807, 2.05) is 14.0 Å². The Bertz CT molecular complexity index is 528. The summed E-state index contributed by atoms with van der Waals surface area (Å²) in [6.07, 6.45) is 4.14. The van der Waals surface area contributed by atoms with Gasteiger partial charge >= 0.3 is 0 Å². The number of likely N-dealkylation sites (tertiary alicyclic amines) is 1. The number of aryl methyl sites for hydroxylation is 1. The summed E-state index contributed by atoms with van der Waals surface area (Å²) in [5.41, 5.74) is 1.12. The number of thiazole rings is 1. The summed E-state index contributed by atoms with van der Waals surface area (Å²) in [6, 6.07) is 0.903. The van der Waals surface area contributed by atoms with Crippen LogP contribution in [0.3, 0.4) is 0 Å². The van der Waals surface area contributed by atoms with Crippen LogP contribution >= 0.6 is 35.3 Å². The van der Waals surface area contributed by atoms with Crippen molar-refractivity contribution in [1.29, 1.82) is 0 Å². The van der Waals surface area contributed by atoms with Crippen molar-refractivity contribution in [2.75, 3.05) is 33.7 Å². The number of guanidine groups is 1. The molecule has 0 spiro atoms. The lowest BCUT2D eigenvalue weighted by Gasteiger charge is -2.23. The number of rotatable bonds is 5. The van der Waals surface area contributed by atoms with Crippen LogP contribution in [0, 0.1) is 12.8 Å². The Hall–Kier alpha value is -0.410. The summed E-state index contributed by atoms with van der Waals surface area (Å²) in [4.78, 5) is 13.8. The van der Waals surface area contributed by atoms with Crippen molar-refractivity contribution in [2.45, 2.75) is 38.8 Å². The number of nitrogens with one attached hydrogen (secondary N) is 1. The van der Waals surface area contributed by atoms with Crippen LogP contribution in [0.4, 0.5) is 0 Å². The maximum absolute atomic E-state index is 4.53. The fourth-order valence-corrected chi connectivity index (χ4v) is 3.82. The van der Waals surface area contributed by atoms with Gasteiger partial charge in [0.2, 0.25) is 0 Å². The number of hydrogen-bond donors (Lipinski definition) is 1. The largest absolute Gasteiger partial charge is 0.356 e. The second kappa shape index (κ2) is 8.62. The van der Waals surface area contributed by atoms with Crippen molar-refractivity contribution in [1.82, 2.24) is 20.1 Å². The first kappa shape index (κ1) is 18.9. The molecule has 130 valence electrons. The fourth-order valence-electron chi connectivity index (χ4n) is 3.22. The van der Waals surface area contributed by atoms with E-state index in [0.717, 1.165) is 41.7 Å². The lowest BCUT2D eigenvalue weighted by molar-refractivity contribution is 0.313. The van der Waals surface area contributed by atoms with Crippen molar-refractivity contribution in [3.05, 3.63) is 16.1 Å². The molecular formula is C16H28IN5S. The molecule has 2 heterocycles. The van der Waals surface area contributed by atoms with Crippen molar-refractivity contribution < 1.29 is 0 Å². The van der Waals surface area contributed by atoms with Gasteiger partial charge in [0.05, 0.1) is 17.2 Å². The molecule has 0 radical (unpaired) electrons. The van der Waals surface area contributed by atoms with Gasteiger partial charge in [-0.3, -0.25) is 4.99 Å². The first-order chi connectivity index (χ1) is 10.7. The molecule has 2 aliphatic rings. The summed E-state index contributed by atoms with van der Waals surface area (Å²) in [5.74, 6) is 1.72. The average Bonchev–Trinajstić information content (AvgIpc) is 3.11. The molecule has 23 heavy (non-hydrogen) atoms. The van der Waals surface area contributed by atoms with E-state index >= 15 is 0 Å². The quantitative estimate of drug-likeness (QED) is 0.427. The molecule has 1 N–H and O–H groups in total. The zero-order chi connectivity index (χ0) is 15.5. The molecule has 1 aliphatic carbocycles. The second-order valence-electron chi connectivity index (χ2n) is 6.52. The SMILES string of the molecule is CN=C(NCC1CCN(C2CC2)C1)N(C)Cc1csc(C)n1.I. The summed E-state index contributed by atoms with van der Waals surface area (Å²) in [5, 5.41) is 6.79. The molecular weight excluding hydrogens is 421 g/mol. The van der Waals surface area contributed by atoms with Gasteiger partial charge in [0, 0.05) is 38.6 Å². The van der Waals surface area contributed by atoms with Crippen LogP contribution in [0.1, 0.15) is 30.0 Å². The molecule has 1 aliphatic heterocycles. The Labute approximate surface area is 160 Å². The second-order valence-corrected chi connectivity index (χ2v) is 7.59. The lowest BCUT2D eigenvalue weighted by atomic mass is 10.1. The summed E-state index contributed by atoms with van der Waals surface area (Å²) in [6.45, 7) is 6.42. The zero-order valence-electron chi connectivity index (χ0n) is 14.3. The molecule has 1 aromatic heterocycles. The van der Waals surface area contributed by atoms with Crippen LogP contribution in [0.15, 0.2) is 10.4 Å². The highest BCUT2D eigenvalue weighted by Crippen LogP contribution is 2.31. The first-order valence-corrected chi connectivity index (χ1v) is 9.10. The molecule has 3 rings (SSSR count). The Balaban J connectivity index is 0.00000192. The summed E-state index contributed by atoms with van der Waals surface area (Å²) >= 11 is 1.70. The van der Waals surface area contributed by atoms with E-state index in [2.05, 4.69) is 37.5 Å². The fraction of sp³-hybridized carbons (Fsp3) is 0.750. The molecule has 1 unspecified atom stereocenters. The van der Waals surface area contributed by atoms with Gasteiger partial charge in [-0.15, -0.1) is 35.3 Å². The third kappa shape index (κ3) is 5.29. The molecule has 0 amide bonds. The van der Waals surface area contributed by atoms with Crippen molar-refractivity contribution in [3.63, 3.8) is 0 Å². The van der Waals surface area contributed by atoms with Gasteiger partial charge in [-0.25, -0.2) is 4.98 Å². The summed E-state index contributed by atoms with van der Waals surface area (Å²) < 4.78 is 0. The minimum absolute atomic E-state index is 0. The van der Waals surface area contributed by atoms with Crippen LogP contribution in [0.5, 0.6) is 0 Å². The number of aliphatic imine (C=N–C) groups is 1. The van der Waals surface area contributed by atoms with E-state index in [4.69, 9.17) is 0 Å². The van der Waals surface area contributed by atoms with Gasteiger partial charge in [0.15, 0.2) is 5.96 Å². The third-order valence-electron chi connectivity index (χ3n) is 4.57. The number of nitrogens with zero attached hydrogens (tertiary/aromatic N) is 4. The monoisotopic (exact) mass is 449 g/mol.